The van der Waals surface area contributed by atoms with Crippen molar-refractivity contribution in [2.75, 3.05) is 36.8 Å². The van der Waals surface area contributed by atoms with Crippen molar-refractivity contribution in [3.05, 3.63) is 108 Å². The summed E-state index contributed by atoms with van der Waals surface area (Å²) in [5.74, 6) is 2.00. The van der Waals surface area contributed by atoms with E-state index >= 15 is 0 Å². The number of hydrogen-bond acceptors (Lipinski definition) is 10. The highest BCUT2D eigenvalue weighted by Gasteiger charge is 2.21. The molecule has 0 atom stereocenters. The molecule has 0 radical (unpaired) electrons. The van der Waals surface area contributed by atoms with E-state index in [-0.39, 0.29) is 5.82 Å². The van der Waals surface area contributed by atoms with Crippen LogP contribution in [-0.4, -0.2) is 60.6 Å². The Balaban J connectivity index is 0.00000190. The topological polar surface area (TPSA) is 149 Å². The van der Waals surface area contributed by atoms with Crippen molar-refractivity contribution in [1.82, 2.24) is 34.4 Å². The predicted octanol–water partition coefficient (Wildman–Crippen LogP) is 5.61. The average molecular weight is 620 g/mol. The van der Waals surface area contributed by atoms with Crippen LogP contribution in [0.25, 0.3) is 39.5 Å². The Morgan fingerprint density at radius 2 is 1.51 bits per heavy atom. The molecule has 1 aliphatic heterocycles. The summed E-state index contributed by atoms with van der Waals surface area (Å²) in [5.41, 5.74) is 12.5. The first-order valence-corrected chi connectivity index (χ1v) is 15.5. The van der Waals surface area contributed by atoms with Crippen LogP contribution in [0, 0.1) is 22.7 Å². The van der Waals surface area contributed by atoms with Gasteiger partial charge in [0.05, 0.1) is 22.9 Å². The molecule has 11 nitrogen and oxygen atoms in total. The van der Waals surface area contributed by atoms with Gasteiger partial charge >= 0.3 is 0 Å². The quantitative estimate of drug-likeness (QED) is 0.249. The molecule has 1 fully saturated rings. The van der Waals surface area contributed by atoms with Gasteiger partial charge in [-0.1, -0.05) is 44.2 Å². The lowest BCUT2D eigenvalue weighted by Gasteiger charge is -2.35. The van der Waals surface area contributed by atoms with Gasteiger partial charge in [-0.05, 0) is 54.1 Å². The molecule has 11 heteroatoms. The van der Waals surface area contributed by atoms with E-state index in [2.05, 4.69) is 55.1 Å². The van der Waals surface area contributed by atoms with Crippen LogP contribution >= 0.6 is 0 Å². The Hall–Kier alpha value is -6.17. The number of nitrogens with zero attached hydrogens (tertiary/aromatic N) is 10. The van der Waals surface area contributed by atoms with Gasteiger partial charge in [-0.3, -0.25) is 9.47 Å². The zero-order valence-corrected chi connectivity index (χ0v) is 26.2. The summed E-state index contributed by atoms with van der Waals surface area (Å²) in [5, 5.41) is 18.8. The van der Waals surface area contributed by atoms with Gasteiger partial charge in [0, 0.05) is 56.4 Å². The molecule has 47 heavy (non-hydrogen) atoms. The maximum Gasteiger partial charge on any atom is 0.234 e. The van der Waals surface area contributed by atoms with Gasteiger partial charge < -0.3 is 10.6 Å². The van der Waals surface area contributed by atoms with E-state index in [0.29, 0.717) is 39.6 Å². The molecule has 7 rings (SSSR count). The third kappa shape index (κ3) is 6.34. The maximum atomic E-state index is 9.70. The SMILES string of the molecule is CC.N#Cc1nccc(N2CCN(Cc3ccc(-n4c(-c5cccnc5N)nc5ccc(-c6ccccc6C#N)nc54)cc3)CC2)n1. The summed E-state index contributed by atoms with van der Waals surface area (Å²) in [6, 6.07) is 29.5. The monoisotopic (exact) mass is 619 g/mol. The Kier molecular flexibility index (Phi) is 9.09. The van der Waals surface area contributed by atoms with Gasteiger partial charge in [-0.2, -0.15) is 10.5 Å². The Bertz CT molecular complexity index is 2100. The van der Waals surface area contributed by atoms with Gasteiger partial charge in [0.1, 0.15) is 23.2 Å². The maximum absolute atomic E-state index is 9.70. The second-order valence-electron chi connectivity index (χ2n) is 10.7. The molecule has 4 aromatic heterocycles. The summed E-state index contributed by atoms with van der Waals surface area (Å²) in [6.45, 7) is 8.20. The first-order chi connectivity index (χ1) is 23.1. The Morgan fingerprint density at radius 3 is 2.26 bits per heavy atom. The van der Waals surface area contributed by atoms with E-state index in [1.54, 1.807) is 18.5 Å². The highest BCUT2D eigenvalue weighted by Crippen LogP contribution is 2.32. The van der Waals surface area contributed by atoms with Gasteiger partial charge in [0.15, 0.2) is 11.5 Å². The van der Waals surface area contributed by atoms with Crippen LogP contribution in [0.3, 0.4) is 0 Å². The summed E-state index contributed by atoms with van der Waals surface area (Å²) in [4.78, 5) is 27.2. The minimum atomic E-state index is 0.188. The molecule has 0 unspecified atom stereocenters. The number of nitrogen functional groups attached to an aromatic ring is 1. The molecule has 2 aromatic carbocycles. The van der Waals surface area contributed by atoms with Crippen molar-refractivity contribution in [2.45, 2.75) is 20.4 Å². The largest absolute Gasteiger partial charge is 0.383 e. The van der Waals surface area contributed by atoms with E-state index in [1.165, 1.54) is 5.56 Å². The van der Waals surface area contributed by atoms with Gasteiger partial charge in [-0.15, -0.1) is 0 Å². The molecular weight excluding hydrogens is 586 g/mol. The smallest absolute Gasteiger partial charge is 0.234 e. The van der Waals surface area contributed by atoms with Crippen LogP contribution in [0.1, 0.15) is 30.8 Å². The molecule has 2 N–H and O–H groups in total. The van der Waals surface area contributed by atoms with Crippen LogP contribution in [0.4, 0.5) is 11.6 Å². The highest BCUT2D eigenvalue weighted by atomic mass is 15.3. The van der Waals surface area contributed by atoms with Gasteiger partial charge in [0.2, 0.25) is 5.82 Å². The summed E-state index contributed by atoms with van der Waals surface area (Å²) in [6.07, 6.45) is 3.29. The standard InChI is InChI=1S/C34H27N11.C2H6/c35-20-24-4-1-2-5-26(24)28-11-12-29-34(40-28)45(33(41-29)27-6-3-14-39-32(27)37)25-9-7-23(8-10-25)22-43-16-18-44(19-17-43)31-13-15-38-30(21-36)42-31;1-2/h1-15H,16-19,22H2,(H2,37,39);1-2H3. The van der Waals surface area contributed by atoms with Crippen molar-refractivity contribution in [1.29, 1.82) is 10.5 Å². The second-order valence-corrected chi connectivity index (χ2v) is 10.7. The summed E-state index contributed by atoms with van der Waals surface area (Å²) < 4.78 is 2.00. The third-order valence-corrected chi connectivity index (χ3v) is 7.95. The first-order valence-electron chi connectivity index (χ1n) is 15.5. The molecule has 232 valence electrons. The minimum Gasteiger partial charge on any atom is -0.383 e. The average Bonchev–Trinajstić information content (AvgIpc) is 3.52. The number of imidazole rings is 1. The fraction of sp³-hybridized carbons (Fsp3) is 0.194. The summed E-state index contributed by atoms with van der Waals surface area (Å²) >= 11 is 0. The lowest BCUT2D eigenvalue weighted by molar-refractivity contribution is 0.249. The van der Waals surface area contributed by atoms with Crippen molar-refractivity contribution in [2.24, 2.45) is 0 Å². The first kappa shape index (κ1) is 30.8. The number of piperazine rings is 1. The number of nitrogens with two attached hydrogens (primary N) is 1. The number of benzene rings is 2. The van der Waals surface area contributed by atoms with Crippen molar-refractivity contribution in [3.8, 4) is 40.5 Å². The lowest BCUT2D eigenvalue weighted by atomic mass is 10.1. The van der Waals surface area contributed by atoms with E-state index in [9.17, 15) is 5.26 Å². The van der Waals surface area contributed by atoms with E-state index in [4.69, 9.17) is 21.0 Å². The van der Waals surface area contributed by atoms with Gasteiger partial charge in [0.25, 0.3) is 0 Å². The van der Waals surface area contributed by atoms with Gasteiger partial charge in [-0.25, -0.2) is 24.9 Å². The van der Waals surface area contributed by atoms with Crippen molar-refractivity contribution < 1.29 is 0 Å². The lowest BCUT2D eigenvalue weighted by Crippen LogP contribution is -2.46. The number of pyridine rings is 2. The second kappa shape index (κ2) is 13.9. The molecule has 6 aromatic rings. The molecule has 0 aliphatic carbocycles. The zero-order chi connectivity index (χ0) is 32.8. The fourth-order valence-corrected chi connectivity index (χ4v) is 5.67. The van der Waals surface area contributed by atoms with Crippen LogP contribution in [0.5, 0.6) is 0 Å². The third-order valence-electron chi connectivity index (χ3n) is 7.95. The molecule has 1 saturated heterocycles. The van der Waals surface area contributed by atoms with Crippen molar-refractivity contribution in [3.63, 3.8) is 0 Å². The molecule has 5 heterocycles. The number of nitriles is 2. The number of fused-ring (bicyclic) bond motifs is 1. The molecule has 0 bridgehead atoms. The van der Waals surface area contributed by atoms with E-state index in [0.717, 1.165) is 49.8 Å². The molecule has 0 spiro atoms. The number of aromatic nitrogens is 6. The normalized spacial score (nSPS) is 13.0. The molecule has 1 aliphatic rings. The number of rotatable bonds is 6. The van der Waals surface area contributed by atoms with Crippen LogP contribution in [0.15, 0.2) is 91.3 Å². The zero-order valence-electron chi connectivity index (χ0n) is 26.2. The van der Waals surface area contributed by atoms with E-state index < -0.39 is 0 Å². The molecular formula is C36H33N11. The molecule has 0 amide bonds. The minimum absolute atomic E-state index is 0.188. The number of anilines is 2. The Morgan fingerprint density at radius 1 is 0.745 bits per heavy atom. The van der Waals surface area contributed by atoms with Crippen LogP contribution in [-0.2, 0) is 6.54 Å². The van der Waals surface area contributed by atoms with Crippen molar-refractivity contribution >= 4 is 22.8 Å². The summed E-state index contributed by atoms with van der Waals surface area (Å²) in [7, 11) is 0. The molecule has 0 saturated carbocycles. The highest BCUT2D eigenvalue weighted by molar-refractivity contribution is 5.85. The number of hydrogen-bond donors (Lipinski definition) is 1. The Labute approximate surface area is 273 Å². The van der Waals surface area contributed by atoms with Crippen LogP contribution < -0.4 is 10.6 Å². The fourth-order valence-electron chi connectivity index (χ4n) is 5.67. The predicted molar refractivity (Wildman–Crippen MR) is 182 cm³/mol. The van der Waals surface area contributed by atoms with Crippen LogP contribution in [0.2, 0.25) is 0 Å². The van der Waals surface area contributed by atoms with E-state index in [1.807, 2.05) is 73.0 Å².